The molecule has 2 aliphatic carbocycles. The Hall–Kier alpha value is -0.560. The molecule has 0 spiro atoms. The van der Waals surface area contributed by atoms with Gasteiger partial charge in [0.1, 0.15) is 5.94 Å². The number of allylic oxidation sites excluding steroid dienone is 3. The van der Waals surface area contributed by atoms with Crippen molar-refractivity contribution >= 4 is 28.5 Å². The van der Waals surface area contributed by atoms with Gasteiger partial charge in [-0.15, -0.1) is 5.73 Å². The minimum Gasteiger partial charge on any atom is -0.234 e. The Balaban J connectivity index is 2.01. The minimum atomic E-state index is 0.620. The third kappa shape index (κ3) is 5.46. The predicted octanol–water partition coefficient (Wildman–Crippen LogP) is 6.72. The molecule has 0 saturated heterocycles. The molecular formula is C23H33IO. The molecule has 1 nitrogen and oxygen atoms in total. The molecule has 0 radical (unpaired) electrons. The van der Waals surface area contributed by atoms with Gasteiger partial charge >= 0.3 is 0 Å². The van der Waals surface area contributed by atoms with Gasteiger partial charge in [-0.2, -0.15) is 0 Å². The molecular weight excluding hydrogens is 419 g/mol. The average molecular weight is 452 g/mol. The van der Waals surface area contributed by atoms with Crippen LogP contribution in [0.1, 0.15) is 65.2 Å². The Morgan fingerprint density at radius 1 is 1.52 bits per heavy atom. The van der Waals surface area contributed by atoms with Crippen molar-refractivity contribution in [1.29, 1.82) is 0 Å². The lowest BCUT2D eigenvalue weighted by Gasteiger charge is -2.38. The maximum absolute atomic E-state index is 10.5. The molecule has 0 amide bonds. The Morgan fingerprint density at radius 2 is 2.32 bits per heavy atom. The molecule has 2 heteroatoms. The minimum absolute atomic E-state index is 0.620. The fraction of sp³-hybridized carbons (Fsp3) is 0.696. The van der Waals surface area contributed by atoms with Gasteiger partial charge in [-0.05, 0) is 86.2 Å². The fourth-order valence-corrected chi connectivity index (χ4v) is 5.84. The zero-order valence-electron chi connectivity index (χ0n) is 15.9. The lowest BCUT2D eigenvalue weighted by molar-refractivity contribution is 0.248. The Kier molecular flexibility index (Phi) is 8.76. The summed E-state index contributed by atoms with van der Waals surface area (Å²) in [5.41, 5.74) is 6.70. The zero-order valence-corrected chi connectivity index (χ0v) is 18.1. The number of hydrogen-bond donors (Lipinski definition) is 0. The Morgan fingerprint density at radius 3 is 3.00 bits per heavy atom. The summed E-state index contributed by atoms with van der Waals surface area (Å²) in [5, 5.41) is 0. The SMILES string of the molecule is C=C1CCCC(C(CI)C2=C=CCC2CCC(CC)CC=C=O)C1C. The highest BCUT2D eigenvalue weighted by Crippen LogP contribution is 2.45. The van der Waals surface area contributed by atoms with Gasteiger partial charge in [0, 0.05) is 10.5 Å². The molecule has 5 atom stereocenters. The van der Waals surface area contributed by atoms with Crippen LogP contribution in [-0.4, -0.2) is 10.4 Å². The van der Waals surface area contributed by atoms with Gasteiger partial charge in [0.25, 0.3) is 0 Å². The summed E-state index contributed by atoms with van der Waals surface area (Å²) in [4.78, 5) is 10.5. The van der Waals surface area contributed by atoms with Gasteiger partial charge in [-0.1, -0.05) is 55.0 Å². The van der Waals surface area contributed by atoms with E-state index in [4.69, 9.17) is 0 Å². The van der Waals surface area contributed by atoms with Crippen molar-refractivity contribution in [2.75, 3.05) is 4.43 Å². The summed E-state index contributed by atoms with van der Waals surface area (Å²) in [6.45, 7) is 8.95. The van der Waals surface area contributed by atoms with E-state index in [2.05, 4.69) is 54.8 Å². The van der Waals surface area contributed by atoms with Crippen molar-refractivity contribution in [3.05, 3.63) is 35.6 Å². The summed E-state index contributed by atoms with van der Waals surface area (Å²) in [7, 11) is 0. The van der Waals surface area contributed by atoms with E-state index in [1.807, 2.05) is 5.94 Å². The topological polar surface area (TPSA) is 17.1 Å². The van der Waals surface area contributed by atoms with Crippen LogP contribution >= 0.6 is 22.6 Å². The van der Waals surface area contributed by atoms with E-state index in [1.165, 1.54) is 42.1 Å². The molecule has 0 bridgehead atoms. The first-order valence-electron chi connectivity index (χ1n) is 10.00. The van der Waals surface area contributed by atoms with E-state index < -0.39 is 0 Å². The van der Waals surface area contributed by atoms with Crippen LogP contribution < -0.4 is 0 Å². The molecule has 2 rings (SSSR count). The number of halogens is 1. The summed E-state index contributed by atoms with van der Waals surface area (Å²) in [5.74, 6) is 5.27. The van der Waals surface area contributed by atoms with Gasteiger partial charge < -0.3 is 0 Å². The summed E-state index contributed by atoms with van der Waals surface area (Å²) in [6, 6.07) is 0. The van der Waals surface area contributed by atoms with E-state index in [1.54, 1.807) is 11.6 Å². The summed E-state index contributed by atoms with van der Waals surface area (Å²) < 4.78 is 1.19. The molecule has 0 heterocycles. The first kappa shape index (κ1) is 20.7. The van der Waals surface area contributed by atoms with Gasteiger partial charge in [-0.3, -0.25) is 0 Å². The highest BCUT2D eigenvalue weighted by atomic mass is 127. The number of alkyl halides is 1. The molecule has 138 valence electrons. The molecule has 1 fully saturated rings. The van der Waals surface area contributed by atoms with Crippen molar-refractivity contribution in [3.63, 3.8) is 0 Å². The quantitative estimate of drug-likeness (QED) is 0.125. The standard InChI is InChI=1S/C23H33IO/c1-4-19(9-7-15-25)13-14-20-10-6-12-22(20)23(16-24)21-11-5-8-17(2)18(21)3/h6-7,18-21,23H,2,4-5,8-11,13-14,16H2,1,3H3. The number of hydrogen-bond acceptors (Lipinski definition) is 1. The molecule has 25 heavy (non-hydrogen) atoms. The molecule has 5 unspecified atom stereocenters. The van der Waals surface area contributed by atoms with Gasteiger partial charge in [0.05, 0.1) is 0 Å². The smallest absolute Gasteiger partial charge is 0.120 e. The lowest BCUT2D eigenvalue weighted by atomic mass is 9.68. The van der Waals surface area contributed by atoms with Gasteiger partial charge in [0.15, 0.2) is 0 Å². The van der Waals surface area contributed by atoms with Crippen LogP contribution in [0.3, 0.4) is 0 Å². The molecule has 0 aromatic rings. The van der Waals surface area contributed by atoms with Crippen molar-refractivity contribution in [2.24, 2.45) is 29.6 Å². The van der Waals surface area contributed by atoms with Crippen molar-refractivity contribution in [2.45, 2.75) is 65.2 Å². The summed E-state index contributed by atoms with van der Waals surface area (Å²) >= 11 is 2.58. The third-order valence-corrected chi connectivity index (χ3v) is 7.50. The van der Waals surface area contributed by atoms with Crippen molar-refractivity contribution < 1.29 is 4.79 Å². The van der Waals surface area contributed by atoms with E-state index >= 15 is 0 Å². The van der Waals surface area contributed by atoms with Crippen molar-refractivity contribution in [1.82, 2.24) is 0 Å². The normalized spacial score (nSPS) is 28.4. The van der Waals surface area contributed by atoms with Gasteiger partial charge in [-0.25, -0.2) is 4.79 Å². The van der Waals surface area contributed by atoms with Crippen LogP contribution in [0, 0.1) is 29.6 Å². The zero-order chi connectivity index (χ0) is 18.2. The van der Waals surface area contributed by atoms with E-state index in [-0.39, 0.29) is 0 Å². The van der Waals surface area contributed by atoms with Crippen molar-refractivity contribution in [3.8, 4) is 0 Å². The molecule has 0 aromatic carbocycles. The van der Waals surface area contributed by atoms with E-state index in [9.17, 15) is 4.79 Å². The molecule has 1 saturated carbocycles. The van der Waals surface area contributed by atoms with Crippen LogP contribution in [-0.2, 0) is 4.79 Å². The number of rotatable bonds is 9. The second-order valence-corrected chi connectivity index (χ2v) is 8.79. The first-order chi connectivity index (χ1) is 12.1. The third-order valence-electron chi connectivity index (χ3n) is 6.55. The van der Waals surface area contributed by atoms with Crippen LogP contribution in [0.25, 0.3) is 0 Å². The van der Waals surface area contributed by atoms with E-state index in [0.717, 1.165) is 25.2 Å². The van der Waals surface area contributed by atoms with Crippen LogP contribution in [0.15, 0.2) is 35.6 Å². The van der Waals surface area contributed by atoms with Crippen LogP contribution in [0.2, 0.25) is 0 Å². The Bertz CT molecular complexity index is 563. The average Bonchev–Trinajstić information content (AvgIpc) is 3.08. The van der Waals surface area contributed by atoms with Crippen LogP contribution in [0.4, 0.5) is 0 Å². The van der Waals surface area contributed by atoms with Gasteiger partial charge in [0.2, 0.25) is 0 Å². The lowest BCUT2D eigenvalue weighted by Crippen LogP contribution is -2.30. The maximum Gasteiger partial charge on any atom is 0.120 e. The van der Waals surface area contributed by atoms with E-state index in [0.29, 0.717) is 23.7 Å². The monoisotopic (exact) mass is 452 g/mol. The highest BCUT2D eigenvalue weighted by molar-refractivity contribution is 14.1. The molecule has 2 aliphatic rings. The second-order valence-electron chi connectivity index (χ2n) is 7.91. The predicted molar refractivity (Wildman–Crippen MR) is 116 cm³/mol. The maximum atomic E-state index is 10.5. The fourth-order valence-electron chi connectivity index (χ4n) is 4.71. The van der Waals surface area contributed by atoms with Crippen LogP contribution in [0.5, 0.6) is 0 Å². The second kappa shape index (κ2) is 10.6. The highest BCUT2D eigenvalue weighted by Gasteiger charge is 2.35. The number of carbonyl (C=O) groups excluding carboxylic acids is 1. The largest absolute Gasteiger partial charge is 0.234 e. The Labute approximate surface area is 167 Å². The molecule has 0 N–H and O–H groups in total. The molecule has 0 aromatic heterocycles. The summed E-state index contributed by atoms with van der Waals surface area (Å²) in [6.07, 6.45) is 13.4. The molecule has 0 aliphatic heterocycles. The first-order valence-corrected chi connectivity index (χ1v) is 11.5.